The zero-order valence-electron chi connectivity index (χ0n) is 11.9. The third kappa shape index (κ3) is 3.36. The van der Waals surface area contributed by atoms with Crippen molar-refractivity contribution in [1.29, 1.82) is 0 Å². The van der Waals surface area contributed by atoms with Crippen molar-refractivity contribution >= 4 is 28.0 Å². The number of aryl methyl sites for hydroxylation is 1. The predicted molar refractivity (Wildman–Crippen MR) is 82.4 cm³/mol. The molecule has 0 amide bonds. The van der Waals surface area contributed by atoms with Crippen LogP contribution in [0, 0.1) is 6.92 Å². The van der Waals surface area contributed by atoms with E-state index in [1.165, 1.54) is 11.5 Å². The van der Waals surface area contributed by atoms with Crippen molar-refractivity contribution in [3.05, 3.63) is 35.5 Å². The van der Waals surface area contributed by atoms with E-state index in [2.05, 4.69) is 16.6 Å². The van der Waals surface area contributed by atoms with E-state index in [-0.39, 0.29) is 5.78 Å². The fourth-order valence-corrected chi connectivity index (χ4v) is 2.72. The van der Waals surface area contributed by atoms with Gasteiger partial charge in [0.1, 0.15) is 10.8 Å². The van der Waals surface area contributed by atoms with Crippen LogP contribution in [-0.2, 0) is 0 Å². The van der Waals surface area contributed by atoms with E-state index in [9.17, 15) is 4.79 Å². The average Bonchev–Trinajstić information content (AvgIpc) is 2.79. The van der Waals surface area contributed by atoms with E-state index in [1.54, 1.807) is 6.92 Å². The zero-order valence-corrected chi connectivity index (χ0v) is 12.7. The van der Waals surface area contributed by atoms with Crippen LogP contribution in [-0.4, -0.2) is 16.8 Å². The molecular weight excluding hydrogens is 272 g/mol. The van der Waals surface area contributed by atoms with Crippen molar-refractivity contribution in [2.45, 2.75) is 27.2 Å². The maximum Gasteiger partial charge on any atom is 0.164 e. The summed E-state index contributed by atoms with van der Waals surface area (Å²) in [5.74, 6) is 0.881. The Labute approximate surface area is 123 Å². The second kappa shape index (κ2) is 6.52. The first-order valence-corrected chi connectivity index (χ1v) is 7.36. The summed E-state index contributed by atoms with van der Waals surface area (Å²) in [5, 5.41) is 4.03. The molecule has 0 aliphatic heterocycles. The van der Waals surface area contributed by atoms with Crippen LogP contribution in [0.5, 0.6) is 5.75 Å². The predicted octanol–water partition coefficient (Wildman–Crippen LogP) is 4.19. The minimum atomic E-state index is 0.0293. The summed E-state index contributed by atoms with van der Waals surface area (Å²) < 4.78 is 9.76. The van der Waals surface area contributed by atoms with Gasteiger partial charge in [0.2, 0.25) is 0 Å². The van der Waals surface area contributed by atoms with Gasteiger partial charge in [0, 0.05) is 5.69 Å². The highest BCUT2D eigenvalue weighted by Crippen LogP contribution is 2.29. The van der Waals surface area contributed by atoms with Crippen LogP contribution >= 0.6 is 11.5 Å². The molecule has 0 saturated carbocycles. The van der Waals surface area contributed by atoms with Gasteiger partial charge in [-0.3, -0.25) is 4.79 Å². The number of Topliss-reactive ketones (excluding diaryl/α,β-unsaturated/α-hetero) is 1. The summed E-state index contributed by atoms with van der Waals surface area (Å²) in [6, 6.07) is 7.70. The summed E-state index contributed by atoms with van der Waals surface area (Å²) in [4.78, 5) is 11.6. The molecule has 0 bridgehead atoms. The number of nitrogens with one attached hydrogen (secondary N) is 1. The Bertz CT molecular complexity index is 590. The van der Waals surface area contributed by atoms with Crippen LogP contribution in [0.25, 0.3) is 0 Å². The Kier molecular flexibility index (Phi) is 4.74. The molecular formula is C15H18N2O2S. The number of carbonyl (C=O) groups is 1. The van der Waals surface area contributed by atoms with Gasteiger partial charge in [-0.25, -0.2) is 0 Å². The highest BCUT2D eigenvalue weighted by atomic mass is 32.1. The number of benzene rings is 1. The number of nitrogens with zero attached hydrogens (tertiary/aromatic N) is 1. The summed E-state index contributed by atoms with van der Waals surface area (Å²) in [7, 11) is 0. The molecule has 4 nitrogen and oxygen atoms in total. The Morgan fingerprint density at radius 2 is 2.05 bits per heavy atom. The SMILES string of the molecule is CCCOc1ccc(Nc2snc(C)c2C(C)=O)cc1. The lowest BCUT2D eigenvalue weighted by atomic mass is 10.2. The molecule has 2 aromatic rings. The molecule has 1 heterocycles. The van der Waals surface area contributed by atoms with Gasteiger partial charge in [0.25, 0.3) is 0 Å². The lowest BCUT2D eigenvalue weighted by Crippen LogP contribution is -1.99. The quantitative estimate of drug-likeness (QED) is 0.811. The molecule has 0 aliphatic rings. The number of ketones is 1. The van der Waals surface area contributed by atoms with Crippen molar-refractivity contribution in [2.75, 3.05) is 11.9 Å². The third-order valence-corrected chi connectivity index (χ3v) is 3.65. The molecule has 0 atom stereocenters. The van der Waals surface area contributed by atoms with Crippen molar-refractivity contribution in [3.63, 3.8) is 0 Å². The minimum absolute atomic E-state index is 0.0293. The first-order chi connectivity index (χ1) is 9.61. The molecule has 1 N–H and O–H groups in total. The largest absolute Gasteiger partial charge is 0.494 e. The average molecular weight is 290 g/mol. The summed E-state index contributed by atoms with van der Waals surface area (Å²) in [6.45, 7) is 6.20. The Morgan fingerprint density at radius 1 is 1.35 bits per heavy atom. The molecule has 20 heavy (non-hydrogen) atoms. The first-order valence-electron chi connectivity index (χ1n) is 6.59. The van der Waals surface area contributed by atoms with E-state index >= 15 is 0 Å². The smallest absolute Gasteiger partial charge is 0.164 e. The highest BCUT2D eigenvalue weighted by molar-refractivity contribution is 7.10. The van der Waals surface area contributed by atoms with E-state index < -0.39 is 0 Å². The van der Waals surface area contributed by atoms with Crippen molar-refractivity contribution in [2.24, 2.45) is 0 Å². The molecule has 0 unspecified atom stereocenters. The van der Waals surface area contributed by atoms with Gasteiger partial charge in [-0.2, -0.15) is 4.37 Å². The zero-order chi connectivity index (χ0) is 14.5. The molecule has 1 aromatic carbocycles. The van der Waals surface area contributed by atoms with Crippen LogP contribution in [0.4, 0.5) is 10.7 Å². The molecule has 2 rings (SSSR count). The van der Waals surface area contributed by atoms with Gasteiger partial charge >= 0.3 is 0 Å². The second-order valence-corrected chi connectivity index (χ2v) is 5.30. The molecule has 0 fully saturated rings. The normalized spacial score (nSPS) is 10.3. The number of rotatable bonds is 6. The lowest BCUT2D eigenvalue weighted by Gasteiger charge is -2.08. The Balaban J connectivity index is 2.12. The van der Waals surface area contributed by atoms with Crippen molar-refractivity contribution in [3.8, 4) is 5.75 Å². The molecule has 0 aliphatic carbocycles. The van der Waals surface area contributed by atoms with Gasteiger partial charge in [-0.05, 0) is 56.1 Å². The van der Waals surface area contributed by atoms with Crippen molar-refractivity contribution in [1.82, 2.24) is 4.37 Å². The summed E-state index contributed by atoms with van der Waals surface area (Å²) in [5.41, 5.74) is 2.36. The van der Waals surface area contributed by atoms with E-state index in [0.717, 1.165) is 35.2 Å². The van der Waals surface area contributed by atoms with Crippen LogP contribution in [0.1, 0.15) is 36.3 Å². The number of carbonyl (C=O) groups excluding carboxylic acids is 1. The maximum absolute atomic E-state index is 11.6. The molecule has 5 heteroatoms. The number of ether oxygens (including phenoxy) is 1. The lowest BCUT2D eigenvalue weighted by molar-refractivity contribution is 0.101. The maximum atomic E-state index is 11.6. The Morgan fingerprint density at radius 3 is 2.65 bits per heavy atom. The molecule has 0 spiro atoms. The molecule has 0 saturated heterocycles. The first kappa shape index (κ1) is 14.5. The third-order valence-electron chi connectivity index (χ3n) is 2.80. The highest BCUT2D eigenvalue weighted by Gasteiger charge is 2.14. The summed E-state index contributed by atoms with van der Waals surface area (Å²) in [6.07, 6.45) is 0.988. The standard InChI is InChI=1S/C15H18N2O2S/c1-4-9-19-13-7-5-12(6-8-13)16-15-14(11(3)18)10(2)17-20-15/h5-8,16H,4,9H2,1-3H3. The van der Waals surface area contributed by atoms with Gasteiger partial charge in [-0.15, -0.1) is 0 Å². The Hall–Kier alpha value is -1.88. The number of hydrogen-bond acceptors (Lipinski definition) is 5. The second-order valence-electron chi connectivity index (χ2n) is 4.53. The van der Waals surface area contributed by atoms with E-state index in [0.29, 0.717) is 5.56 Å². The van der Waals surface area contributed by atoms with Gasteiger partial charge in [-0.1, -0.05) is 6.92 Å². The van der Waals surface area contributed by atoms with Crippen LogP contribution in [0.2, 0.25) is 0 Å². The minimum Gasteiger partial charge on any atom is -0.494 e. The van der Waals surface area contributed by atoms with E-state index in [1.807, 2.05) is 31.2 Å². The van der Waals surface area contributed by atoms with Gasteiger partial charge < -0.3 is 10.1 Å². The van der Waals surface area contributed by atoms with Crippen LogP contribution < -0.4 is 10.1 Å². The van der Waals surface area contributed by atoms with Gasteiger partial charge in [0.15, 0.2) is 5.78 Å². The number of hydrogen-bond donors (Lipinski definition) is 1. The van der Waals surface area contributed by atoms with E-state index in [4.69, 9.17) is 4.74 Å². The molecule has 1 aromatic heterocycles. The summed E-state index contributed by atoms with van der Waals surface area (Å²) >= 11 is 1.30. The van der Waals surface area contributed by atoms with Gasteiger partial charge in [0.05, 0.1) is 17.9 Å². The molecule has 0 radical (unpaired) electrons. The fourth-order valence-electron chi connectivity index (χ4n) is 1.86. The topological polar surface area (TPSA) is 51.2 Å². The fraction of sp³-hybridized carbons (Fsp3) is 0.333. The van der Waals surface area contributed by atoms with Crippen molar-refractivity contribution < 1.29 is 9.53 Å². The van der Waals surface area contributed by atoms with Crippen LogP contribution in [0.15, 0.2) is 24.3 Å². The monoisotopic (exact) mass is 290 g/mol. The molecule has 106 valence electrons. The number of aromatic nitrogens is 1. The number of anilines is 2. The van der Waals surface area contributed by atoms with Crippen LogP contribution in [0.3, 0.4) is 0 Å².